The molecule has 0 spiro atoms. The molecule has 1 fully saturated rings. The van der Waals surface area contributed by atoms with E-state index in [1.807, 2.05) is 12.1 Å². The zero-order chi connectivity index (χ0) is 19.5. The van der Waals surface area contributed by atoms with Gasteiger partial charge in [-0.15, -0.1) is 0 Å². The Hall–Kier alpha value is -2.76. The predicted octanol–water partition coefficient (Wildman–Crippen LogP) is 2.92. The molecule has 0 atom stereocenters. The number of anilines is 1. The van der Waals surface area contributed by atoms with Crippen molar-refractivity contribution in [3.05, 3.63) is 53.5 Å². The van der Waals surface area contributed by atoms with Gasteiger partial charge in [0.25, 0.3) is 5.91 Å². The van der Waals surface area contributed by atoms with Crippen molar-refractivity contribution >= 4 is 17.6 Å². The van der Waals surface area contributed by atoms with Gasteiger partial charge >= 0.3 is 0 Å². The Morgan fingerprint density at radius 2 is 1.64 bits per heavy atom. The normalized spacial score (nSPS) is 17.2. The summed E-state index contributed by atoms with van der Waals surface area (Å²) in [4.78, 5) is 35.9. The number of hydrogen-bond donors (Lipinski definition) is 1. The van der Waals surface area contributed by atoms with Crippen molar-refractivity contribution in [2.75, 3.05) is 11.9 Å². The van der Waals surface area contributed by atoms with Gasteiger partial charge in [0.2, 0.25) is 5.91 Å². The summed E-state index contributed by atoms with van der Waals surface area (Å²) in [6.45, 7) is 0. The molecule has 2 aliphatic carbocycles. The van der Waals surface area contributed by atoms with Gasteiger partial charge in [-0.1, -0.05) is 43.5 Å². The monoisotopic (exact) mass is 378 g/mol. The number of aromatic nitrogens is 2. The standard InChI is InChI=1S/C22H26N4O2/c1-26(22(28)15-7-3-2-4-8-15)20-19(23-11-12-24-20)21(27)25-18-13-16-9-5-6-10-17(16)14-18/h5-6,9-12,15,18H,2-4,7-8,13-14H2,1H3,(H,25,27). The molecule has 2 aliphatic rings. The van der Waals surface area contributed by atoms with Crippen LogP contribution in [-0.2, 0) is 17.6 Å². The third kappa shape index (κ3) is 3.77. The zero-order valence-corrected chi connectivity index (χ0v) is 16.2. The van der Waals surface area contributed by atoms with Gasteiger partial charge in [0, 0.05) is 31.4 Å². The number of fused-ring (bicyclic) bond motifs is 1. The van der Waals surface area contributed by atoms with Gasteiger partial charge in [-0.2, -0.15) is 0 Å². The van der Waals surface area contributed by atoms with Crippen LogP contribution in [0, 0.1) is 5.92 Å². The van der Waals surface area contributed by atoms with Gasteiger partial charge in [0.1, 0.15) is 0 Å². The van der Waals surface area contributed by atoms with E-state index in [9.17, 15) is 9.59 Å². The first kappa shape index (κ1) is 18.6. The van der Waals surface area contributed by atoms with Crippen LogP contribution in [0.25, 0.3) is 0 Å². The second-order valence-electron chi connectivity index (χ2n) is 7.81. The highest BCUT2D eigenvalue weighted by atomic mass is 16.2. The third-order valence-electron chi connectivity index (χ3n) is 5.88. The number of rotatable bonds is 4. The maximum atomic E-state index is 12.9. The van der Waals surface area contributed by atoms with Crippen molar-refractivity contribution in [1.82, 2.24) is 15.3 Å². The van der Waals surface area contributed by atoms with Crippen molar-refractivity contribution in [3.63, 3.8) is 0 Å². The van der Waals surface area contributed by atoms with Crippen LogP contribution >= 0.6 is 0 Å². The van der Waals surface area contributed by atoms with Gasteiger partial charge in [0.05, 0.1) is 0 Å². The van der Waals surface area contributed by atoms with Crippen LogP contribution in [0.2, 0.25) is 0 Å². The summed E-state index contributed by atoms with van der Waals surface area (Å²) in [5, 5.41) is 3.08. The maximum absolute atomic E-state index is 12.9. The summed E-state index contributed by atoms with van der Waals surface area (Å²) in [6.07, 6.45) is 9.83. The fraction of sp³-hybridized carbons (Fsp3) is 0.455. The van der Waals surface area contributed by atoms with Crippen LogP contribution < -0.4 is 10.2 Å². The minimum atomic E-state index is -0.274. The lowest BCUT2D eigenvalue weighted by Crippen LogP contribution is -2.39. The highest BCUT2D eigenvalue weighted by Crippen LogP contribution is 2.27. The molecule has 0 bridgehead atoms. The second kappa shape index (κ2) is 8.09. The topological polar surface area (TPSA) is 75.2 Å². The van der Waals surface area contributed by atoms with Crippen molar-refractivity contribution in [2.24, 2.45) is 5.92 Å². The van der Waals surface area contributed by atoms with Crippen LogP contribution in [-0.4, -0.2) is 34.9 Å². The fourth-order valence-corrected chi connectivity index (χ4v) is 4.38. The molecule has 1 N–H and O–H groups in total. The molecular weight excluding hydrogens is 352 g/mol. The SMILES string of the molecule is CN(C(=O)C1CCCCC1)c1nccnc1C(=O)NC1Cc2ccccc2C1. The molecule has 0 saturated heterocycles. The van der Waals surface area contributed by atoms with Gasteiger partial charge < -0.3 is 5.32 Å². The van der Waals surface area contributed by atoms with Crippen LogP contribution in [0.15, 0.2) is 36.7 Å². The third-order valence-corrected chi connectivity index (χ3v) is 5.88. The number of carbonyl (C=O) groups is 2. The molecular formula is C22H26N4O2. The number of nitrogens with one attached hydrogen (secondary N) is 1. The van der Waals surface area contributed by atoms with Gasteiger partial charge in [0.15, 0.2) is 11.5 Å². The van der Waals surface area contributed by atoms with Gasteiger partial charge in [-0.3, -0.25) is 14.5 Å². The van der Waals surface area contributed by atoms with Gasteiger partial charge in [-0.25, -0.2) is 9.97 Å². The lowest BCUT2D eigenvalue weighted by Gasteiger charge is -2.26. The molecule has 0 unspecified atom stereocenters. The molecule has 146 valence electrons. The van der Waals surface area contributed by atoms with Crippen LogP contribution in [0.3, 0.4) is 0 Å². The summed E-state index contributed by atoms with van der Waals surface area (Å²) in [6, 6.07) is 8.29. The molecule has 2 aromatic rings. The van der Waals surface area contributed by atoms with Crippen molar-refractivity contribution < 1.29 is 9.59 Å². The quantitative estimate of drug-likeness (QED) is 0.888. The van der Waals surface area contributed by atoms with E-state index in [-0.39, 0.29) is 29.5 Å². The Morgan fingerprint density at radius 3 is 2.32 bits per heavy atom. The molecule has 1 saturated carbocycles. The van der Waals surface area contributed by atoms with E-state index in [0.29, 0.717) is 5.82 Å². The lowest BCUT2D eigenvalue weighted by atomic mass is 9.88. The smallest absolute Gasteiger partial charge is 0.273 e. The number of carbonyl (C=O) groups excluding carboxylic acids is 2. The highest BCUT2D eigenvalue weighted by Gasteiger charge is 2.30. The zero-order valence-electron chi connectivity index (χ0n) is 16.2. The van der Waals surface area contributed by atoms with Crippen LogP contribution in [0.4, 0.5) is 5.82 Å². The molecule has 0 radical (unpaired) electrons. The van der Waals surface area contributed by atoms with Gasteiger partial charge in [-0.05, 0) is 36.8 Å². The Labute approximate surface area is 165 Å². The molecule has 2 amide bonds. The Morgan fingerprint density at radius 1 is 1.00 bits per heavy atom. The molecule has 6 heteroatoms. The van der Waals surface area contributed by atoms with Crippen LogP contribution in [0.5, 0.6) is 0 Å². The molecule has 0 aliphatic heterocycles. The van der Waals surface area contributed by atoms with E-state index in [1.54, 1.807) is 7.05 Å². The highest BCUT2D eigenvalue weighted by molar-refractivity contribution is 6.02. The molecule has 1 heterocycles. The summed E-state index contributed by atoms with van der Waals surface area (Å²) >= 11 is 0. The van der Waals surface area contributed by atoms with E-state index in [0.717, 1.165) is 38.5 Å². The van der Waals surface area contributed by atoms with Crippen molar-refractivity contribution in [3.8, 4) is 0 Å². The second-order valence-corrected chi connectivity index (χ2v) is 7.81. The average molecular weight is 378 g/mol. The first-order valence-corrected chi connectivity index (χ1v) is 10.1. The minimum absolute atomic E-state index is 0.0148. The average Bonchev–Trinajstić information content (AvgIpc) is 3.15. The minimum Gasteiger partial charge on any atom is -0.347 e. The van der Waals surface area contributed by atoms with E-state index < -0.39 is 0 Å². The van der Waals surface area contributed by atoms with Crippen molar-refractivity contribution in [1.29, 1.82) is 0 Å². The van der Waals surface area contributed by atoms with E-state index >= 15 is 0 Å². The summed E-state index contributed by atoms with van der Waals surface area (Å²) in [5.41, 5.74) is 2.76. The summed E-state index contributed by atoms with van der Waals surface area (Å²) < 4.78 is 0. The number of amides is 2. The number of benzene rings is 1. The molecule has 4 rings (SSSR count). The predicted molar refractivity (Wildman–Crippen MR) is 107 cm³/mol. The Balaban J connectivity index is 1.48. The van der Waals surface area contributed by atoms with E-state index in [2.05, 4.69) is 27.4 Å². The van der Waals surface area contributed by atoms with Crippen LogP contribution in [0.1, 0.15) is 53.7 Å². The van der Waals surface area contributed by atoms with E-state index in [4.69, 9.17) is 0 Å². The molecule has 1 aromatic carbocycles. The summed E-state index contributed by atoms with van der Waals surface area (Å²) in [5.74, 6) is 0.110. The van der Waals surface area contributed by atoms with Crippen molar-refractivity contribution in [2.45, 2.75) is 51.0 Å². The Kier molecular flexibility index (Phi) is 5.37. The maximum Gasteiger partial charge on any atom is 0.273 e. The summed E-state index contributed by atoms with van der Waals surface area (Å²) in [7, 11) is 1.70. The number of hydrogen-bond acceptors (Lipinski definition) is 4. The first-order chi connectivity index (χ1) is 13.6. The van der Waals surface area contributed by atoms with E-state index in [1.165, 1.54) is 34.8 Å². The number of nitrogens with zero attached hydrogens (tertiary/aromatic N) is 3. The lowest BCUT2D eigenvalue weighted by molar-refractivity contribution is -0.123. The first-order valence-electron chi connectivity index (χ1n) is 10.1. The largest absolute Gasteiger partial charge is 0.347 e. The Bertz CT molecular complexity index is 851. The fourth-order valence-electron chi connectivity index (χ4n) is 4.38. The molecule has 28 heavy (non-hydrogen) atoms. The molecule has 1 aromatic heterocycles. The molecule has 6 nitrogen and oxygen atoms in total.